The van der Waals surface area contributed by atoms with Crippen LogP contribution in [-0.4, -0.2) is 4.98 Å². The molecule has 82 valence electrons. The number of anilines is 1. The first kappa shape index (κ1) is 11.0. The molecule has 3 heteroatoms. The van der Waals surface area contributed by atoms with Gasteiger partial charge in [0.15, 0.2) is 0 Å². The smallest absolute Gasteiger partial charge is 0.0967 e. The van der Waals surface area contributed by atoms with Gasteiger partial charge in [0.2, 0.25) is 0 Å². The molecular formula is C13H14N2S. The Morgan fingerprint density at radius 1 is 1.25 bits per heavy atom. The van der Waals surface area contributed by atoms with E-state index in [0.717, 1.165) is 22.0 Å². The van der Waals surface area contributed by atoms with E-state index in [2.05, 4.69) is 29.2 Å². The number of rotatable bonds is 3. The summed E-state index contributed by atoms with van der Waals surface area (Å²) < 4.78 is 0. The van der Waals surface area contributed by atoms with Crippen LogP contribution in [0.15, 0.2) is 47.6 Å². The average Bonchev–Trinajstić information content (AvgIpc) is 2.32. The Hall–Kier alpha value is -1.48. The molecule has 2 nitrogen and oxygen atoms in total. The standard InChI is InChI=1S/C13H14N2S/c1-10-7-13(15-8-12(10)14)16-9-11-5-3-2-4-6-11/h2-8H,9,14H2,1H3. The van der Waals surface area contributed by atoms with Crippen LogP contribution >= 0.6 is 11.8 Å². The number of nitrogens with zero attached hydrogens (tertiary/aromatic N) is 1. The lowest BCUT2D eigenvalue weighted by molar-refractivity contribution is 1.11. The minimum atomic E-state index is 0.754. The van der Waals surface area contributed by atoms with Crippen LogP contribution in [0.2, 0.25) is 0 Å². The Morgan fingerprint density at radius 2 is 2.00 bits per heavy atom. The zero-order chi connectivity index (χ0) is 11.4. The lowest BCUT2D eigenvalue weighted by Gasteiger charge is -2.04. The van der Waals surface area contributed by atoms with Crippen LogP contribution in [0.25, 0.3) is 0 Å². The van der Waals surface area contributed by atoms with Crippen molar-refractivity contribution in [2.75, 3.05) is 5.73 Å². The molecule has 2 aromatic rings. The normalized spacial score (nSPS) is 10.3. The topological polar surface area (TPSA) is 38.9 Å². The Labute approximate surface area is 99.9 Å². The maximum Gasteiger partial charge on any atom is 0.0967 e. The van der Waals surface area contributed by atoms with Crippen molar-refractivity contribution in [3.63, 3.8) is 0 Å². The highest BCUT2D eigenvalue weighted by molar-refractivity contribution is 7.98. The summed E-state index contributed by atoms with van der Waals surface area (Å²) in [6.07, 6.45) is 1.72. The van der Waals surface area contributed by atoms with Gasteiger partial charge in [-0.2, -0.15) is 0 Å². The van der Waals surface area contributed by atoms with Gasteiger partial charge in [0.25, 0.3) is 0 Å². The van der Waals surface area contributed by atoms with Gasteiger partial charge < -0.3 is 5.73 Å². The Morgan fingerprint density at radius 3 is 2.69 bits per heavy atom. The number of nitrogens with two attached hydrogens (primary N) is 1. The highest BCUT2D eigenvalue weighted by Crippen LogP contribution is 2.23. The van der Waals surface area contributed by atoms with E-state index in [0.29, 0.717) is 0 Å². The number of aryl methyl sites for hydroxylation is 1. The molecule has 0 amide bonds. The minimum Gasteiger partial charge on any atom is -0.397 e. The van der Waals surface area contributed by atoms with E-state index in [1.165, 1.54) is 5.56 Å². The van der Waals surface area contributed by atoms with Crippen molar-refractivity contribution < 1.29 is 0 Å². The van der Waals surface area contributed by atoms with Crippen LogP contribution in [0.1, 0.15) is 11.1 Å². The maximum absolute atomic E-state index is 5.72. The minimum absolute atomic E-state index is 0.754. The number of benzene rings is 1. The molecule has 0 radical (unpaired) electrons. The third-order valence-corrected chi connectivity index (χ3v) is 3.35. The first-order chi connectivity index (χ1) is 7.75. The molecule has 1 heterocycles. The summed E-state index contributed by atoms with van der Waals surface area (Å²) in [4.78, 5) is 4.29. The van der Waals surface area contributed by atoms with Crippen molar-refractivity contribution in [2.24, 2.45) is 0 Å². The van der Waals surface area contributed by atoms with Crippen molar-refractivity contribution in [3.8, 4) is 0 Å². The molecule has 16 heavy (non-hydrogen) atoms. The highest BCUT2D eigenvalue weighted by Gasteiger charge is 1.99. The van der Waals surface area contributed by atoms with Gasteiger partial charge in [-0.25, -0.2) is 4.98 Å². The van der Waals surface area contributed by atoms with Gasteiger partial charge in [-0.3, -0.25) is 0 Å². The van der Waals surface area contributed by atoms with Crippen LogP contribution < -0.4 is 5.73 Å². The highest BCUT2D eigenvalue weighted by atomic mass is 32.2. The number of aromatic nitrogens is 1. The summed E-state index contributed by atoms with van der Waals surface area (Å²) >= 11 is 1.73. The van der Waals surface area contributed by atoms with E-state index in [1.54, 1.807) is 18.0 Å². The van der Waals surface area contributed by atoms with Gasteiger partial charge in [-0.05, 0) is 24.1 Å². The summed E-state index contributed by atoms with van der Waals surface area (Å²) in [5, 5.41) is 1.02. The van der Waals surface area contributed by atoms with Crippen LogP contribution in [0.3, 0.4) is 0 Å². The largest absolute Gasteiger partial charge is 0.397 e. The SMILES string of the molecule is Cc1cc(SCc2ccccc2)ncc1N. The van der Waals surface area contributed by atoms with Crippen molar-refractivity contribution >= 4 is 17.4 Å². The summed E-state index contributed by atoms with van der Waals surface area (Å²) in [6.45, 7) is 2.00. The van der Waals surface area contributed by atoms with E-state index < -0.39 is 0 Å². The van der Waals surface area contributed by atoms with Crippen LogP contribution in [0, 0.1) is 6.92 Å². The number of pyridine rings is 1. The van der Waals surface area contributed by atoms with Crippen molar-refractivity contribution in [2.45, 2.75) is 17.7 Å². The number of thioether (sulfide) groups is 1. The molecule has 0 atom stereocenters. The maximum atomic E-state index is 5.72. The van der Waals surface area contributed by atoms with Crippen LogP contribution in [-0.2, 0) is 5.75 Å². The predicted molar refractivity (Wildman–Crippen MR) is 69.4 cm³/mol. The molecule has 0 saturated heterocycles. The third kappa shape index (κ3) is 2.76. The van der Waals surface area contributed by atoms with E-state index in [-0.39, 0.29) is 0 Å². The first-order valence-electron chi connectivity index (χ1n) is 5.14. The van der Waals surface area contributed by atoms with Gasteiger partial charge >= 0.3 is 0 Å². The summed E-state index contributed by atoms with van der Waals surface area (Å²) in [5.41, 5.74) is 8.88. The fraction of sp³-hybridized carbons (Fsp3) is 0.154. The zero-order valence-corrected chi connectivity index (χ0v) is 10.00. The molecule has 0 unspecified atom stereocenters. The molecule has 1 aromatic heterocycles. The zero-order valence-electron chi connectivity index (χ0n) is 9.18. The van der Waals surface area contributed by atoms with E-state index >= 15 is 0 Å². The summed E-state index contributed by atoms with van der Waals surface area (Å²) in [7, 11) is 0. The molecule has 0 aliphatic heterocycles. The molecule has 0 bridgehead atoms. The fourth-order valence-electron chi connectivity index (χ4n) is 1.35. The third-order valence-electron chi connectivity index (χ3n) is 2.36. The quantitative estimate of drug-likeness (QED) is 0.822. The van der Waals surface area contributed by atoms with Crippen LogP contribution in [0.4, 0.5) is 5.69 Å². The fourth-order valence-corrected chi connectivity index (χ4v) is 2.25. The second-order valence-electron chi connectivity index (χ2n) is 3.65. The first-order valence-corrected chi connectivity index (χ1v) is 6.13. The lowest BCUT2D eigenvalue weighted by atomic mass is 10.2. The van der Waals surface area contributed by atoms with Crippen molar-refractivity contribution in [1.82, 2.24) is 4.98 Å². The number of hydrogen-bond donors (Lipinski definition) is 1. The number of nitrogen functional groups attached to an aromatic ring is 1. The second kappa shape index (κ2) is 5.03. The van der Waals surface area contributed by atoms with E-state index in [1.807, 2.05) is 19.1 Å². The van der Waals surface area contributed by atoms with Crippen molar-refractivity contribution in [1.29, 1.82) is 0 Å². The van der Waals surface area contributed by atoms with Crippen LogP contribution in [0.5, 0.6) is 0 Å². The monoisotopic (exact) mass is 230 g/mol. The number of hydrogen-bond acceptors (Lipinski definition) is 3. The molecule has 0 aliphatic rings. The van der Waals surface area contributed by atoms with Gasteiger partial charge in [-0.1, -0.05) is 30.3 Å². The molecular weight excluding hydrogens is 216 g/mol. The van der Waals surface area contributed by atoms with Gasteiger partial charge in [-0.15, -0.1) is 11.8 Å². The molecule has 0 aliphatic carbocycles. The van der Waals surface area contributed by atoms with E-state index in [9.17, 15) is 0 Å². The Bertz CT molecular complexity index is 469. The predicted octanol–water partition coefficient (Wildman–Crippen LogP) is 3.26. The average molecular weight is 230 g/mol. The van der Waals surface area contributed by atoms with Gasteiger partial charge in [0.1, 0.15) is 0 Å². The Balaban J connectivity index is 2.03. The second-order valence-corrected chi connectivity index (χ2v) is 4.65. The molecule has 2 rings (SSSR count). The van der Waals surface area contributed by atoms with E-state index in [4.69, 9.17) is 5.73 Å². The molecule has 1 aromatic carbocycles. The molecule has 0 saturated carbocycles. The molecule has 0 fully saturated rings. The summed E-state index contributed by atoms with van der Waals surface area (Å²) in [5.74, 6) is 0.942. The lowest BCUT2D eigenvalue weighted by Crippen LogP contribution is -1.92. The molecule has 0 spiro atoms. The molecule has 2 N–H and O–H groups in total. The summed E-state index contributed by atoms with van der Waals surface area (Å²) in [6, 6.07) is 12.4. The van der Waals surface area contributed by atoms with Crippen molar-refractivity contribution in [3.05, 3.63) is 53.7 Å². The van der Waals surface area contributed by atoms with Gasteiger partial charge in [0.05, 0.1) is 16.9 Å². The Kier molecular flexibility index (Phi) is 3.47. The van der Waals surface area contributed by atoms with Gasteiger partial charge in [0, 0.05) is 5.75 Å².